The van der Waals surface area contributed by atoms with Crippen LogP contribution in [0.3, 0.4) is 0 Å². The molecule has 6 heteroatoms. The highest BCUT2D eigenvalue weighted by Gasteiger charge is 2.21. The van der Waals surface area contributed by atoms with Crippen LogP contribution >= 0.6 is 0 Å². The molecule has 1 aliphatic rings. The van der Waals surface area contributed by atoms with E-state index in [4.69, 9.17) is 4.74 Å². The van der Waals surface area contributed by atoms with Crippen LogP contribution in [0.25, 0.3) is 0 Å². The van der Waals surface area contributed by atoms with Gasteiger partial charge in [0.25, 0.3) is 0 Å². The quantitative estimate of drug-likeness (QED) is 0.707. The minimum atomic E-state index is -0.252. The van der Waals surface area contributed by atoms with Gasteiger partial charge in [-0.15, -0.1) is 0 Å². The summed E-state index contributed by atoms with van der Waals surface area (Å²) in [6.07, 6.45) is 0.410. The second-order valence-corrected chi connectivity index (χ2v) is 4.65. The van der Waals surface area contributed by atoms with E-state index in [1.807, 2.05) is 6.92 Å². The Hall–Kier alpha value is -1.14. The molecule has 1 rings (SSSR count). The van der Waals surface area contributed by atoms with Crippen molar-refractivity contribution in [2.45, 2.75) is 19.4 Å². The van der Waals surface area contributed by atoms with Gasteiger partial charge in [0.1, 0.15) is 0 Å². The van der Waals surface area contributed by atoms with Crippen molar-refractivity contribution in [2.24, 2.45) is 0 Å². The van der Waals surface area contributed by atoms with E-state index in [0.717, 1.165) is 0 Å². The smallest absolute Gasteiger partial charge is 0.239 e. The minimum Gasteiger partial charge on any atom is -0.378 e. The molecule has 104 valence electrons. The van der Waals surface area contributed by atoms with Gasteiger partial charge in [0, 0.05) is 40.2 Å². The molecule has 1 heterocycles. The lowest BCUT2D eigenvalue weighted by Crippen LogP contribution is -2.49. The third-order valence-electron chi connectivity index (χ3n) is 2.98. The Kier molecular flexibility index (Phi) is 6.07. The summed E-state index contributed by atoms with van der Waals surface area (Å²) in [5.74, 6) is 0.143. The molecular formula is C12H23N3O3. The topological polar surface area (TPSA) is 61.9 Å². The number of carbonyl (C=O) groups excluding carboxylic acids is 2. The van der Waals surface area contributed by atoms with Gasteiger partial charge in [-0.2, -0.15) is 0 Å². The van der Waals surface area contributed by atoms with Gasteiger partial charge in [0.2, 0.25) is 11.8 Å². The van der Waals surface area contributed by atoms with Crippen molar-refractivity contribution in [2.75, 3.05) is 46.9 Å². The van der Waals surface area contributed by atoms with E-state index in [-0.39, 0.29) is 17.9 Å². The first-order valence-corrected chi connectivity index (χ1v) is 6.32. The number of carbonyl (C=O) groups is 2. The van der Waals surface area contributed by atoms with Crippen LogP contribution < -0.4 is 5.32 Å². The Morgan fingerprint density at radius 2 is 1.94 bits per heavy atom. The second kappa shape index (κ2) is 7.33. The summed E-state index contributed by atoms with van der Waals surface area (Å²) in [6.45, 7) is 4.88. The summed E-state index contributed by atoms with van der Waals surface area (Å²) in [4.78, 5) is 26.7. The molecule has 0 bridgehead atoms. The lowest BCUT2D eigenvalue weighted by molar-refractivity contribution is -0.137. The number of amides is 2. The molecule has 6 nitrogen and oxygen atoms in total. The maximum Gasteiger partial charge on any atom is 0.239 e. The van der Waals surface area contributed by atoms with E-state index in [1.165, 1.54) is 0 Å². The Morgan fingerprint density at radius 1 is 1.33 bits per heavy atom. The molecule has 1 saturated heterocycles. The highest BCUT2D eigenvalue weighted by atomic mass is 16.5. The molecule has 0 spiro atoms. The number of morpholine rings is 1. The molecule has 1 N–H and O–H groups in total. The van der Waals surface area contributed by atoms with E-state index in [0.29, 0.717) is 39.3 Å². The zero-order valence-corrected chi connectivity index (χ0v) is 11.4. The van der Waals surface area contributed by atoms with Gasteiger partial charge in [-0.3, -0.25) is 9.59 Å². The average molecular weight is 257 g/mol. The van der Waals surface area contributed by atoms with Gasteiger partial charge >= 0.3 is 0 Å². The zero-order valence-electron chi connectivity index (χ0n) is 11.4. The van der Waals surface area contributed by atoms with Gasteiger partial charge in [-0.05, 0) is 6.92 Å². The Bertz CT molecular complexity index is 288. The van der Waals surface area contributed by atoms with E-state index >= 15 is 0 Å². The monoisotopic (exact) mass is 257 g/mol. The van der Waals surface area contributed by atoms with Crippen molar-refractivity contribution in [1.82, 2.24) is 15.1 Å². The number of nitrogens with one attached hydrogen (secondary N) is 1. The lowest BCUT2D eigenvalue weighted by Gasteiger charge is -2.29. The van der Waals surface area contributed by atoms with Crippen LogP contribution in [0.5, 0.6) is 0 Å². The molecule has 18 heavy (non-hydrogen) atoms. The third-order valence-corrected chi connectivity index (χ3v) is 2.98. The molecule has 1 aliphatic heterocycles. The summed E-state index contributed by atoms with van der Waals surface area (Å²) < 4.78 is 5.20. The second-order valence-electron chi connectivity index (χ2n) is 4.65. The molecule has 2 amide bonds. The van der Waals surface area contributed by atoms with Crippen molar-refractivity contribution in [1.29, 1.82) is 0 Å². The molecule has 1 unspecified atom stereocenters. The van der Waals surface area contributed by atoms with Crippen LogP contribution in [0.1, 0.15) is 13.3 Å². The number of hydrogen-bond donors (Lipinski definition) is 1. The summed E-state index contributed by atoms with van der Waals surface area (Å²) >= 11 is 0. The van der Waals surface area contributed by atoms with E-state index < -0.39 is 0 Å². The van der Waals surface area contributed by atoms with Gasteiger partial charge < -0.3 is 19.9 Å². The molecule has 1 atom stereocenters. The Morgan fingerprint density at radius 3 is 2.50 bits per heavy atom. The molecule has 1 fully saturated rings. The van der Waals surface area contributed by atoms with Crippen molar-refractivity contribution in [3.05, 3.63) is 0 Å². The summed E-state index contributed by atoms with van der Waals surface area (Å²) in [5.41, 5.74) is 0. The zero-order chi connectivity index (χ0) is 13.5. The highest BCUT2D eigenvalue weighted by Crippen LogP contribution is 2.00. The van der Waals surface area contributed by atoms with Crippen molar-refractivity contribution >= 4 is 11.8 Å². The van der Waals surface area contributed by atoms with Crippen LogP contribution in [0.4, 0.5) is 0 Å². The number of ether oxygens (including phenoxy) is 1. The first kappa shape index (κ1) is 14.9. The molecule has 0 aromatic rings. The third kappa shape index (κ3) is 4.62. The molecule has 0 aromatic heterocycles. The van der Waals surface area contributed by atoms with Gasteiger partial charge in [-0.25, -0.2) is 0 Å². The van der Waals surface area contributed by atoms with Crippen LogP contribution in [0, 0.1) is 0 Å². The van der Waals surface area contributed by atoms with Crippen molar-refractivity contribution in [3.63, 3.8) is 0 Å². The van der Waals surface area contributed by atoms with Crippen LogP contribution in [-0.4, -0.2) is 74.6 Å². The maximum absolute atomic E-state index is 12.0. The SMILES string of the molecule is CC(NCCC(=O)N(C)C)C(=O)N1CCOCC1. The van der Waals surface area contributed by atoms with Crippen LogP contribution in [-0.2, 0) is 14.3 Å². The lowest BCUT2D eigenvalue weighted by atomic mass is 10.2. The average Bonchev–Trinajstić information content (AvgIpc) is 2.38. The maximum atomic E-state index is 12.0. The number of nitrogens with zero attached hydrogens (tertiary/aromatic N) is 2. The number of rotatable bonds is 5. The Labute approximate surface area is 108 Å². The Balaban J connectivity index is 2.25. The fourth-order valence-electron chi connectivity index (χ4n) is 1.76. The van der Waals surface area contributed by atoms with Crippen molar-refractivity contribution < 1.29 is 14.3 Å². The summed E-state index contributed by atoms with van der Waals surface area (Å²) in [7, 11) is 3.45. The first-order chi connectivity index (χ1) is 8.52. The van der Waals surface area contributed by atoms with Crippen LogP contribution in [0.2, 0.25) is 0 Å². The first-order valence-electron chi connectivity index (χ1n) is 6.32. The standard InChI is InChI=1S/C12H23N3O3/c1-10(13-5-4-11(16)14(2)3)12(17)15-6-8-18-9-7-15/h10,13H,4-9H2,1-3H3. The predicted molar refractivity (Wildman–Crippen MR) is 68.2 cm³/mol. The minimum absolute atomic E-state index is 0.0634. The van der Waals surface area contributed by atoms with Gasteiger partial charge in [0.15, 0.2) is 0 Å². The van der Waals surface area contributed by atoms with E-state index in [2.05, 4.69) is 5.32 Å². The summed E-state index contributed by atoms with van der Waals surface area (Å²) in [6, 6.07) is -0.252. The predicted octanol–water partition coefficient (Wildman–Crippen LogP) is -0.698. The van der Waals surface area contributed by atoms with Gasteiger partial charge in [-0.1, -0.05) is 0 Å². The molecule has 0 saturated carbocycles. The molecule has 0 aliphatic carbocycles. The molecule has 0 radical (unpaired) electrons. The van der Waals surface area contributed by atoms with Gasteiger partial charge in [0.05, 0.1) is 19.3 Å². The van der Waals surface area contributed by atoms with E-state index in [9.17, 15) is 9.59 Å². The largest absolute Gasteiger partial charge is 0.378 e. The fraction of sp³-hybridized carbons (Fsp3) is 0.833. The number of hydrogen-bond acceptors (Lipinski definition) is 4. The van der Waals surface area contributed by atoms with Crippen LogP contribution in [0.15, 0.2) is 0 Å². The highest BCUT2D eigenvalue weighted by molar-refractivity contribution is 5.81. The van der Waals surface area contributed by atoms with Crippen molar-refractivity contribution in [3.8, 4) is 0 Å². The normalized spacial score (nSPS) is 17.4. The fourth-order valence-corrected chi connectivity index (χ4v) is 1.76. The van der Waals surface area contributed by atoms with E-state index in [1.54, 1.807) is 23.9 Å². The molecule has 0 aromatic carbocycles. The summed E-state index contributed by atoms with van der Waals surface area (Å²) in [5, 5.41) is 3.09. The molecular weight excluding hydrogens is 234 g/mol.